The summed E-state index contributed by atoms with van der Waals surface area (Å²) >= 11 is -2.18. The van der Waals surface area contributed by atoms with E-state index < -0.39 is 11.1 Å². The molecule has 0 radical (unpaired) electrons. The molecule has 2 saturated heterocycles. The van der Waals surface area contributed by atoms with E-state index in [1.54, 1.807) is 12.1 Å². The largest absolute Gasteiger partial charge is 0.768 e. The zero-order valence-electron chi connectivity index (χ0n) is 17.3. The summed E-state index contributed by atoms with van der Waals surface area (Å²) in [4.78, 5) is 20.8. The molecule has 2 fully saturated rings. The molecule has 2 aliphatic heterocycles. The van der Waals surface area contributed by atoms with Crippen LogP contribution in [0.1, 0.15) is 30.9 Å². The molecule has 2 aliphatic rings. The van der Waals surface area contributed by atoms with Crippen LogP contribution in [0, 0.1) is 0 Å². The van der Waals surface area contributed by atoms with Gasteiger partial charge < -0.3 is 14.4 Å². The van der Waals surface area contributed by atoms with Crippen LogP contribution in [0.5, 0.6) is 0 Å². The van der Waals surface area contributed by atoms with Crippen molar-refractivity contribution in [3.8, 4) is 0 Å². The molecular formula is C24H26N3O3S-. The molecule has 1 N–H and O–H groups in total. The molecule has 6 nitrogen and oxygen atoms in total. The first-order valence-corrected chi connectivity index (χ1v) is 12.0. The van der Waals surface area contributed by atoms with Gasteiger partial charge in [-0.2, -0.15) is 0 Å². The lowest BCUT2D eigenvalue weighted by Crippen LogP contribution is -2.44. The molecule has 1 aromatic heterocycles. The van der Waals surface area contributed by atoms with Crippen molar-refractivity contribution in [2.75, 3.05) is 31.1 Å². The van der Waals surface area contributed by atoms with Crippen molar-refractivity contribution < 1.29 is 8.76 Å². The van der Waals surface area contributed by atoms with Crippen LogP contribution in [0.4, 0.5) is 5.69 Å². The van der Waals surface area contributed by atoms with Crippen molar-refractivity contribution in [2.24, 2.45) is 0 Å². The number of H-pyrrole nitrogens is 1. The van der Waals surface area contributed by atoms with Crippen LogP contribution in [0.2, 0.25) is 0 Å². The first-order valence-electron chi connectivity index (χ1n) is 10.9. The number of benzene rings is 2. The summed E-state index contributed by atoms with van der Waals surface area (Å²) in [7, 11) is 0. The Kier molecular flexibility index (Phi) is 5.65. The van der Waals surface area contributed by atoms with Gasteiger partial charge in [-0.05, 0) is 78.7 Å². The average molecular weight is 437 g/mol. The van der Waals surface area contributed by atoms with Crippen LogP contribution in [0.3, 0.4) is 0 Å². The van der Waals surface area contributed by atoms with E-state index in [0.29, 0.717) is 16.9 Å². The maximum absolute atomic E-state index is 12.5. The number of pyridine rings is 1. The molecule has 0 bridgehead atoms. The monoisotopic (exact) mass is 436 g/mol. The van der Waals surface area contributed by atoms with Crippen molar-refractivity contribution >= 4 is 27.5 Å². The van der Waals surface area contributed by atoms with Crippen LogP contribution in [-0.4, -0.2) is 50.9 Å². The topological polar surface area (TPSA) is 79.5 Å². The van der Waals surface area contributed by atoms with Crippen molar-refractivity contribution in [3.05, 3.63) is 70.6 Å². The summed E-state index contributed by atoms with van der Waals surface area (Å²) in [6.45, 7) is 3.99. The van der Waals surface area contributed by atoms with Gasteiger partial charge in [0.2, 0.25) is 0 Å². The molecule has 3 aromatic rings. The highest BCUT2D eigenvalue weighted by molar-refractivity contribution is 7.79. The van der Waals surface area contributed by atoms with Crippen molar-refractivity contribution in [1.29, 1.82) is 0 Å². The van der Waals surface area contributed by atoms with Gasteiger partial charge in [-0.1, -0.05) is 18.2 Å². The molecular weight excluding hydrogens is 410 g/mol. The molecule has 5 rings (SSSR count). The molecule has 0 aliphatic carbocycles. The van der Waals surface area contributed by atoms with Gasteiger partial charge in [0, 0.05) is 53.3 Å². The standard InChI is InChI=1S/C24H27N3O3S/c28-24-22-4-2-1-3-17(22)15-23(25-24)18-9-12-27(16-18)20-10-13-26(14-11-20)19-5-7-21(8-6-19)31(29)30/h1-8,15,18,20H,9-14,16H2,(H,25,28)(H,29,30)/p-1. The summed E-state index contributed by atoms with van der Waals surface area (Å²) in [6, 6.07) is 17.6. The molecule has 0 spiro atoms. The van der Waals surface area contributed by atoms with E-state index in [4.69, 9.17) is 0 Å². The molecule has 2 aromatic carbocycles. The molecule has 162 valence electrons. The minimum atomic E-state index is -2.18. The van der Waals surface area contributed by atoms with Gasteiger partial charge >= 0.3 is 0 Å². The summed E-state index contributed by atoms with van der Waals surface area (Å²) in [5.74, 6) is 0.371. The Balaban J connectivity index is 1.21. The number of rotatable bonds is 4. The van der Waals surface area contributed by atoms with Gasteiger partial charge in [0.15, 0.2) is 0 Å². The van der Waals surface area contributed by atoms with E-state index in [1.807, 2.05) is 36.4 Å². The molecule has 31 heavy (non-hydrogen) atoms. The third-order valence-electron chi connectivity index (χ3n) is 6.81. The average Bonchev–Trinajstić information content (AvgIpc) is 3.30. The lowest BCUT2D eigenvalue weighted by molar-refractivity contribution is 0.205. The second kappa shape index (κ2) is 8.57. The number of hydrogen-bond donors (Lipinski definition) is 1. The quantitative estimate of drug-likeness (QED) is 0.636. The Morgan fingerprint density at radius 2 is 1.71 bits per heavy atom. The van der Waals surface area contributed by atoms with E-state index in [-0.39, 0.29) is 5.56 Å². The number of likely N-dealkylation sites (tertiary alicyclic amines) is 1. The fraction of sp³-hybridized carbons (Fsp3) is 0.375. The van der Waals surface area contributed by atoms with E-state index in [2.05, 4.69) is 20.9 Å². The number of aromatic nitrogens is 1. The second-order valence-electron chi connectivity index (χ2n) is 8.57. The lowest BCUT2D eigenvalue weighted by atomic mass is 10.0. The third-order valence-corrected chi connectivity index (χ3v) is 7.47. The van der Waals surface area contributed by atoms with Crippen LogP contribution >= 0.6 is 0 Å². The summed E-state index contributed by atoms with van der Waals surface area (Å²) in [5.41, 5.74) is 2.15. The van der Waals surface area contributed by atoms with Gasteiger partial charge in [0.25, 0.3) is 5.56 Å². The SMILES string of the molecule is O=c1[nH]c(C2CCN(C3CCN(c4ccc(S(=O)[O-])cc4)CC3)C2)cc2ccccc12. The Morgan fingerprint density at radius 1 is 0.968 bits per heavy atom. The zero-order chi connectivity index (χ0) is 21.4. The van der Waals surface area contributed by atoms with E-state index in [0.717, 1.165) is 67.6 Å². The first kappa shape index (κ1) is 20.4. The Bertz CT molecular complexity index is 1150. The smallest absolute Gasteiger partial charge is 0.256 e. The molecule has 2 unspecified atom stereocenters. The molecule has 0 saturated carbocycles. The summed E-state index contributed by atoms with van der Waals surface area (Å²) < 4.78 is 22.1. The van der Waals surface area contributed by atoms with Crippen LogP contribution in [0.15, 0.2) is 64.3 Å². The van der Waals surface area contributed by atoms with Gasteiger partial charge in [-0.3, -0.25) is 13.9 Å². The van der Waals surface area contributed by atoms with Gasteiger partial charge in [0.05, 0.1) is 0 Å². The summed E-state index contributed by atoms with van der Waals surface area (Å²) in [5, 5.41) is 1.77. The maximum Gasteiger partial charge on any atom is 0.256 e. The number of hydrogen-bond acceptors (Lipinski definition) is 5. The fourth-order valence-corrected chi connectivity index (χ4v) is 5.44. The number of nitrogens with one attached hydrogen (secondary N) is 1. The predicted molar refractivity (Wildman–Crippen MR) is 122 cm³/mol. The Hall–Kier alpha value is -2.48. The van der Waals surface area contributed by atoms with Gasteiger partial charge in [-0.25, -0.2) is 0 Å². The van der Waals surface area contributed by atoms with Crippen LogP contribution in [0.25, 0.3) is 10.8 Å². The first-order chi connectivity index (χ1) is 15.1. The van der Waals surface area contributed by atoms with E-state index in [1.165, 1.54) is 0 Å². The molecule has 3 heterocycles. The zero-order valence-corrected chi connectivity index (χ0v) is 18.1. The minimum absolute atomic E-state index is 0.00619. The Morgan fingerprint density at radius 3 is 2.45 bits per heavy atom. The Labute approximate surface area is 184 Å². The lowest BCUT2D eigenvalue weighted by Gasteiger charge is -2.38. The highest BCUT2D eigenvalue weighted by Crippen LogP contribution is 2.31. The fourth-order valence-electron chi connectivity index (χ4n) is 5.08. The predicted octanol–water partition coefficient (Wildman–Crippen LogP) is 3.22. The number of piperidine rings is 1. The minimum Gasteiger partial charge on any atom is -0.768 e. The summed E-state index contributed by atoms with van der Waals surface area (Å²) in [6.07, 6.45) is 3.26. The number of aromatic amines is 1. The number of fused-ring (bicyclic) bond motifs is 1. The van der Waals surface area contributed by atoms with Gasteiger partial charge in [-0.15, -0.1) is 0 Å². The van der Waals surface area contributed by atoms with E-state index >= 15 is 0 Å². The molecule has 0 amide bonds. The highest BCUT2D eigenvalue weighted by Gasteiger charge is 2.32. The molecule has 7 heteroatoms. The third kappa shape index (κ3) is 4.18. The molecule has 2 atom stereocenters. The van der Waals surface area contributed by atoms with Crippen LogP contribution < -0.4 is 10.5 Å². The maximum atomic E-state index is 12.5. The van der Waals surface area contributed by atoms with Crippen LogP contribution in [-0.2, 0) is 11.1 Å². The number of anilines is 1. The van der Waals surface area contributed by atoms with E-state index in [9.17, 15) is 13.6 Å². The van der Waals surface area contributed by atoms with Crippen molar-refractivity contribution in [3.63, 3.8) is 0 Å². The number of nitrogens with zero attached hydrogens (tertiary/aromatic N) is 2. The normalized spacial score (nSPS) is 21.6. The highest BCUT2D eigenvalue weighted by atomic mass is 32.2. The second-order valence-corrected chi connectivity index (χ2v) is 9.51. The van der Waals surface area contributed by atoms with Crippen molar-refractivity contribution in [1.82, 2.24) is 9.88 Å². The van der Waals surface area contributed by atoms with Crippen molar-refractivity contribution in [2.45, 2.75) is 36.1 Å². The van der Waals surface area contributed by atoms with Gasteiger partial charge in [0.1, 0.15) is 0 Å².